The van der Waals surface area contributed by atoms with Gasteiger partial charge < -0.3 is 14.6 Å². The summed E-state index contributed by atoms with van der Waals surface area (Å²) in [5.41, 5.74) is 4.40. The van der Waals surface area contributed by atoms with Crippen molar-refractivity contribution in [2.24, 2.45) is 0 Å². The average Bonchev–Trinajstić information content (AvgIpc) is 2.93. The van der Waals surface area contributed by atoms with Gasteiger partial charge in [0.05, 0.1) is 12.1 Å². The van der Waals surface area contributed by atoms with Crippen LogP contribution in [0.4, 0.5) is 0 Å². The Kier molecular flexibility index (Phi) is 5.83. The van der Waals surface area contributed by atoms with Crippen LogP contribution in [-0.4, -0.2) is 7.12 Å². The van der Waals surface area contributed by atoms with Crippen molar-refractivity contribution in [3.63, 3.8) is 0 Å². The summed E-state index contributed by atoms with van der Waals surface area (Å²) in [6.07, 6.45) is -0.233. The molecule has 0 bridgehead atoms. The van der Waals surface area contributed by atoms with Gasteiger partial charge in [-0.15, -0.1) is 0 Å². The lowest BCUT2D eigenvalue weighted by Crippen LogP contribution is -2.42. The molecule has 0 spiro atoms. The molecule has 0 fully saturated rings. The molecule has 0 radical (unpaired) electrons. The predicted octanol–water partition coefficient (Wildman–Crippen LogP) is 5.06. The number of rotatable bonds is 3. The molecule has 2 unspecified atom stereocenters. The Morgan fingerprint density at radius 2 is 1.23 bits per heavy atom. The lowest BCUT2D eigenvalue weighted by atomic mass is 9.77. The lowest BCUT2D eigenvalue weighted by Gasteiger charge is -2.30. The second-order valence-electron chi connectivity index (χ2n) is 7.70. The van der Waals surface area contributed by atoms with Gasteiger partial charge in [-0.3, -0.25) is 0 Å². The Bertz CT molecular complexity index is 1110. The van der Waals surface area contributed by atoms with Crippen molar-refractivity contribution in [2.45, 2.75) is 18.7 Å². The van der Waals surface area contributed by atoms with E-state index in [2.05, 4.69) is 72.0 Å². The summed E-state index contributed by atoms with van der Waals surface area (Å²) in [5.74, 6) is 0.837. The van der Waals surface area contributed by atoms with Crippen LogP contribution in [-0.2, 0) is 11.2 Å². The first-order valence-corrected chi connectivity index (χ1v) is 10.7. The summed E-state index contributed by atoms with van der Waals surface area (Å²) < 4.78 is 13.3. The smallest absolute Gasteiger partial charge is 0.532 e. The van der Waals surface area contributed by atoms with Crippen LogP contribution in [0.15, 0.2) is 115 Å². The zero-order valence-electron chi connectivity index (χ0n) is 17.2. The molecule has 31 heavy (non-hydrogen) atoms. The molecule has 4 heteroatoms. The predicted molar refractivity (Wildman–Crippen MR) is 125 cm³/mol. The third kappa shape index (κ3) is 4.41. The molecule has 0 aliphatic carbocycles. The number of hydrogen-bond donors (Lipinski definition) is 1. The van der Waals surface area contributed by atoms with E-state index in [1.54, 1.807) is 0 Å². The van der Waals surface area contributed by atoms with Gasteiger partial charge in [0.25, 0.3) is 0 Å². The van der Waals surface area contributed by atoms with Crippen molar-refractivity contribution in [3.8, 4) is 5.75 Å². The van der Waals surface area contributed by atoms with Crippen LogP contribution in [0.3, 0.4) is 0 Å². The van der Waals surface area contributed by atoms with E-state index in [4.69, 9.17) is 9.31 Å². The molecule has 5 rings (SSSR count). The fraction of sp³-hybridized carbons (Fsp3) is 0.111. The molecule has 4 aromatic carbocycles. The van der Waals surface area contributed by atoms with Gasteiger partial charge in [0.1, 0.15) is 5.75 Å². The Hall–Kier alpha value is -3.34. The zero-order valence-corrected chi connectivity index (χ0v) is 17.2. The topological polar surface area (TPSA) is 30.5 Å². The Morgan fingerprint density at radius 1 is 0.645 bits per heavy atom. The van der Waals surface area contributed by atoms with Gasteiger partial charge in [-0.2, -0.15) is 0 Å². The molecule has 1 heterocycles. The van der Waals surface area contributed by atoms with E-state index in [1.807, 2.05) is 48.5 Å². The van der Waals surface area contributed by atoms with Crippen LogP contribution in [0.1, 0.15) is 28.8 Å². The summed E-state index contributed by atoms with van der Waals surface area (Å²) in [4.78, 5) is 0. The van der Waals surface area contributed by atoms with Gasteiger partial charge in [0.15, 0.2) is 0 Å². The van der Waals surface area contributed by atoms with E-state index in [9.17, 15) is 0 Å². The van der Waals surface area contributed by atoms with Gasteiger partial charge >= 0.3 is 7.12 Å². The summed E-state index contributed by atoms with van der Waals surface area (Å²) in [5, 5.41) is 3.75. The molecule has 0 saturated heterocycles. The van der Waals surface area contributed by atoms with Crippen molar-refractivity contribution in [3.05, 3.63) is 132 Å². The minimum Gasteiger partial charge on any atom is -0.532 e. The molecule has 2 atom stereocenters. The van der Waals surface area contributed by atoms with Crippen LogP contribution in [0.2, 0.25) is 0 Å². The molecule has 0 amide bonds. The fourth-order valence-electron chi connectivity index (χ4n) is 4.07. The quantitative estimate of drug-likeness (QED) is 0.483. The maximum atomic E-state index is 6.78. The highest BCUT2D eigenvalue weighted by Gasteiger charge is 2.35. The average molecular weight is 405 g/mol. The summed E-state index contributed by atoms with van der Waals surface area (Å²) in [6, 6.07) is 39.2. The van der Waals surface area contributed by atoms with E-state index in [0.29, 0.717) is 6.54 Å². The minimum absolute atomic E-state index is 0.0374. The first-order chi connectivity index (χ1) is 15.4. The third-order valence-corrected chi connectivity index (χ3v) is 5.65. The maximum absolute atomic E-state index is 6.78. The highest BCUT2D eigenvalue weighted by molar-refractivity contribution is 6.62. The molecule has 1 aliphatic heterocycles. The first kappa shape index (κ1) is 19.6. The third-order valence-electron chi connectivity index (χ3n) is 5.65. The van der Waals surface area contributed by atoms with Gasteiger partial charge in [0, 0.05) is 12.1 Å². The van der Waals surface area contributed by atoms with Crippen molar-refractivity contribution < 1.29 is 9.31 Å². The van der Waals surface area contributed by atoms with E-state index in [0.717, 1.165) is 22.3 Å². The fourth-order valence-corrected chi connectivity index (χ4v) is 4.07. The monoisotopic (exact) mass is 405 g/mol. The highest BCUT2D eigenvalue weighted by Crippen LogP contribution is 2.35. The number of benzene rings is 4. The first-order valence-electron chi connectivity index (χ1n) is 10.7. The largest absolute Gasteiger partial charge is 0.563 e. The van der Waals surface area contributed by atoms with Crippen molar-refractivity contribution >= 4 is 12.6 Å². The van der Waals surface area contributed by atoms with Crippen LogP contribution < -0.4 is 15.4 Å². The molecule has 0 aromatic heterocycles. The Labute approximate surface area is 183 Å². The Balaban J connectivity index is 1.63. The standard InChI is InChI=1S/C27H24BNO2/c1-4-12-21(13-5-1)26-27(22-14-6-2-7-15-22)31-28(24-17-8-3-9-18-24)30-25-19-11-10-16-23(25)20-29-26/h1-19,26-27,29H,20H2. The van der Waals surface area contributed by atoms with Crippen LogP contribution in [0.25, 0.3) is 0 Å². The lowest BCUT2D eigenvalue weighted by molar-refractivity contribution is 0.137. The summed E-state index contributed by atoms with van der Waals surface area (Å²) >= 11 is 0. The van der Waals surface area contributed by atoms with Gasteiger partial charge in [-0.1, -0.05) is 109 Å². The zero-order chi connectivity index (χ0) is 20.9. The van der Waals surface area contributed by atoms with Crippen molar-refractivity contribution in [1.82, 2.24) is 5.32 Å². The molecule has 152 valence electrons. The summed E-state index contributed by atoms with van der Waals surface area (Å²) in [6.45, 7) is 0.684. The molecular formula is C27H24BNO2. The second-order valence-corrected chi connectivity index (χ2v) is 7.70. The van der Waals surface area contributed by atoms with Crippen LogP contribution in [0, 0.1) is 0 Å². The SMILES string of the molecule is c1ccc(B2Oc3ccccc3CNC(c3ccccc3)C(c3ccccc3)O2)cc1. The molecule has 3 nitrogen and oxygen atoms in total. The minimum atomic E-state index is -0.529. The van der Waals surface area contributed by atoms with Crippen LogP contribution in [0.5, 0.6) is 5.75 Å². The number of nitrogens with one attached hydrogen (secondary N) is 1. The molecule has 0 saturated carbocycles. The van der Waals surface area contributed by atoms with Crippen LogP contribution >= 0.6 is 0 Å². The van der Waals surface area contributed by atoms with Gasteiger partial charge in [-0.25, -0.2) is 0 Å². The van der Waals surface area contributed by atoms with Gasteiger partial charge in [-0.05, 0) is 22.7 Å². The summed E-state index contributed by atoms with van der Waals surface area (Å²) in [7, 11) is -0.529. The molecule has 1 aliphatic rings. The molecule has 4 aromatic rings. The number of fused-ring (bicyclic) bond motifs is 1. The van der Waals surface area contributed by atoms with Crippen molar-refractivity contribution in [1.29, 1.82) is 0 Å². The van der Waals surface area contributed by atoms with E-state index in [1.165, 1.54) is 5.56 Å². The highest BCUT2D eigenvalue weighted by atomic mass is 16.6. The normalized spacial score (nSPS) is 18.8. The molecule has 1 N–H and O–H groups in total. The molecular weight excluding hydrogens is 381 g/mol. The second kappa shape index (κ2) is 9.21. The van der Waals surface area contributed by atoms with E-state index < -0.39 is 7.12 Å². The van der Waals surface area contributed by atoms with E-state index in [-0.39, 0.29) is 12.1 Å². The van der Waals surface area contributed by atoms with Crippen molar-refractivity contribution in [2.75, 3.05) is 0 Å². The number of para-hydroxylation sites is 1. The van der Waals surface area contributed by atoms with Gasteiger partial charge in [0.2, 0.25) is 0 Å². The maximum Gasteiger partial charge on any atom is 0.563 e. The number of hydrogen-bond acceptors (Lipinski definition) is 3. The van der Waals surface area contributed by atoms with E-state index >= 15 is 0 Å². The Morgan fingerprint density at radius 3 is 1.94 bits per heavy atom.